The summed E-state index contributed by atoms with van der Waals surface area (Å²) in [5.74, 6) is 0. The molecular formula is C21H16N2S. The topological polar surface area (TPSA) is 17.8 Å². The van der Waals surface area contributed by atoms with E-state index in [1.165, 1.54) is 15.5 Å². The second-order valence-corrected chi connectivity index (χ2v) is 6.58. The highest BCUT2D eigenvalue weighted by Crippen LogP contribution is 2.31. The Morgan fingerprint density at radius 2 is 1.62 bits per heavy atom. The molecule has 0 aliphatic carbocycles. The van der Waals surface area contributed by atoms with Crippen molar-refractivity contribution < 1.29 is 0 Å². The van der Waals surface area contributed by atoms with Gasteiger partial charge in [-0.2, -0.15) is 0 Å². The van der Waals surface area contributed by atoms with Crippen LogP contribution in [0.5, 0.6) is 0 Å². The number of para-hydroxylation sites is 1. The van der Waals surface area contributed by atoms with Gasteiger partial charge in [-0.25, -0.2) is 0 Å². The van der Waals surface area contributed by atoms with Crippen molar-refractivity contribution in [3.8, 4) is 16.9 Å². The lowest BCUT2D eigenvalue weighted by Gasteiger charge is -2.04. The molecule has 0 atom stereocenters. The maximum absolute atomic E-state index is 4.43. The lowest BCUT2D eigenvalue weighted by Crippen LogP contribution is -1.87. The van der Waals surface area contributed by atoms with Gasteiger partial charge in [0, 0.05) is 39.6 Å². The Labute approximate surface area is 145 Å². The highest BCUT2D eigenvalue weighted by atomic mass is 32.2. The third kappa shape index (κ3) is 3.26. The third-order valence-electron chi connectivity index (χ3n) is 3.75. The fourth-order valence-corrected chi connectivity index (χ4v) is 3.49. The molecule has 4 aromatic rings. The predicted octanol–water partition coefficient (Wildman–Crippen LogP) is 5.69. The number of hydrogen-bond donors (Lipinski definition) is 0. The molecule has 2 heterocycles. The first-order valence-corrected chi connectivity index (χ1v) is 8.63. The van der Waals surface area contributed by atoms with Crippen molar-refractivity contribution in [2.45, 2.75) is 9.79 Å². The maximum atomic E-state index is 4.43. The second kappa shape index (κ2) is 6.77. The molecule has 0 amide bonds. The molecule has 0 saturated heterocycles. The monoisotopic (exact) mass is 328 g/mol. The van der Waals surface area contributed by atoms with Crippen molar-refractivity contribution in [1.82, 2.24) is 9.55 Å². The van der Waals surface area contributed by atoms with E-state index in [2.05, 4.69) is 76.5 Å². The Bertz CT molecular complexity index is 930. The molecule has 0 bridgehead atoms. The van der Waals surface area contributed by atoms with Gasteiger partial charge in [-0.05, 0) is 42.5 Å². The molecule has 2 nitrogen and oxygen atoms in total. The van der Waals surface area contributed by atoms with Crippen LogP contribution in [0.15, 0.2) is 107 Å². The van der Waals surface area contributed by atoms with Gasteiger partial charge in [-0.3, -0.25) is 4.98 Å². The van der Waals surface area contributed by atoms with Crippen LogP contribution in [-0.2, 0) is 0 Å². The zero-order valence-electron chi connectivity index (χ0n) is 13.0. The van der Waals surface area contributed by atoms with Gasteiger partial charge >= 0.3 is 0 Å². The van der Waals surface area contributed by atoms with Gasteiger partial charge in [0.1, 0.15) is 0 Å². The lowest BCUT2D eigenvalue weighted by molar-refractivity contribution is 1.07. The van der Waals surface area contributed by atoms with Gasteiger partial charge in [-0.15, -0.1) is 0 Å². The summed E-state index contributed by atoms with van der Waals surface area (Å²) >= 11 is 1.76. The first-order valence-electron chi connectivity index (χ1n) is 7.81. The van der Waals surface area contributed by atoms with Crippen LogP contribution in [0.3, 0.4) is 0 Å². The molecule has 0 unspecified atom stereocenters. The van der Waals surface area contributed by atoms with E-state index in [4.69, 9.17) is 0 Å². The Kier molecular flexibility index (Phi) is 4.17. The molecule has 0 aliphatic rings. The molecule has 0 fully saturated rings. The first-order chi connectivity index (χ1) is 11.9. The van der Waals surface area contributed by atoms with Crippen LogP contribution < -0.4 is 0 Å². The highest BCUT2D eigenvalue weighted by molar-refractivity contribution is 7.99. The van der Waals surface area contributed by atoms with E-state index < -0.39 is 0 Å². The van der Waals surface area contributed by atoms with Crippen LogP contribution >= 0.6 is 11.8 Å². The molecule has 0 aliphatic heterocycles. The quantitative estimate of drug-likeness (QED) is 0.479. The van der Waals surface area contributed by atoms with Gasteiger partial charge in [0.15, 0.2) is 0 Å². The normalized spacial score (nSPS) is 10.7. The van der Waals surface area contributed by atoms with Crippen molar-refractivity contribution in [3.63, 3.8) is 0 Å². The minimum absolute atomic E-state index is 1.00. The largest absolute Gasteiger partial charge is 0.323 e. The van der Waals surface area contributed by atoms with E-state index in [1.807, 2.05) is 30.5 Å². The van der Waals surface area contributed by atoms with Gasteiger partial charge in [0.05, 0.1) is 5.69 Å². The molecule has 116 valence electrons. The standard InChI is InChI=1S/C21H16N2S/c1-2-8-18(9-3-1)23-14-12-20(16-23)24-19-10-6-7-17(15-19)21-11-4-5-13-22-21/h1-16H. The van der Waals surface area contributed by atoms with Crippen LogP contribution in [0, 0.1) is 0 Å². The van der Waals surface area contributed by atoms with E-state index in [1.54, 1.807) is 11.8 Å². The predicted molar refractivity (Wildman–Crippen MR) is 99.6 cm³/mol. The van der Waals surface area contributed by atoms with Crippen LogP contribution in [-0.4, -0.2) is 9.55 Å². The zero-order chi connectivity index (χ0) is 16.2. The van der Waals surface area contributed by atoms with Crippen molar-refractivity contribution in [1.29, 1.82) is 0 Å². The minimum atomic E-state index is 1.00. The van der Waals surface area contributed by atoms with Gasteiger partial charge < -0.3 is 4.57 Å². The Morgan fingerprint density at radius 3 is 2.46 bits per heavy atom. The highest BCUT2D eigenvalue weighted by Gasteiger charge is 2.04. The fourth-order valence-electron chi connectivity index (χ4n) is 2.59. The molecule has 2 aromatic carbocycles. The summed E-state index contributed by atoms with van der Waals surface area (Å²) in [6.07, 6.45) is 6.09. The second-order valence-electron chi connectivity index (χ2n) is 5.43. The van der Waals surface area contributed by atoms with E-state index in [0.717, 1.165) is 11.3 Å². The number of aromatic nitrogens is 2. The molecule has 4 rings (SSSR count). The van der Waals surface area contributed by atoms with E-state index in [0.29, 0.717) is 0 Å². The number of nitrogens with zero attached hydrogens (tertiary/aromatic N) is 2. The molecule has 24 heavy (non-hydrogen) atoms. The lowest BCUT2D eigenvalue weighted by atomic mass is 10.1. The van der Waals surface area contributed by atoms with E-state index >= 15 is 0 Å². The summed E-state index contributed by atoms with van der Waals surface area (Å²) in [6.45, 7) is 0. The molecule has 0 spiro atoms. The number of pyridine rings is 1. The van der Waals surface area contributed by atoms with Gasteiger partial charge in [0.2, 0.25) is 0 Å². The van der Waals surface area contributed by atoms with Crippen molar-refractivity contribution >= 4 is 11.8 Å². The Hall–Kier alpha value is -2.78. The van der Waals surface area contributed by atoms with E-state index in [9.17, 15) is 0 Å². The Morgan fingerprint density at radius 1 is 0.750 bits per heavy atom. The molecule has 2 aromatic heterocycles. The van der Waals surface area contributed by atoms with Gasteiger partial charge in [-0.1, -0.05) is 48.2 Å². The van der Waals surface area contributed by atoms with Crippen LogP contribution in [0.1, 0.15) is 0 Å². The summed E-state index contributed by atoms with van der Waals surface area (Å²) in [4.78, 5) is 6.86. The Balaban J connectivity index is 1.57. The summed E-state index contributed by atoms with van der Waals surface area (Å²) in [6, 6.07) is 27.0. The summed E-state index contributed by atoms with van der Waals surface area (Å²) in [7, 11) is 0. The van der Waals surface area contributed by atoms with Gasteiger partial charge in [0.25, 0.3) is 0 Å². The number of hydrogen-bond acceptors (Lipinski definition) is 2. The van der Waals surface area contributed by atoms with Crippen molar-refractivity contribution in [2.24, 2.45) is 0 Å². The smallest absolute Gasteiger partial charge is 0.0702 e. The van der Waals surface area contributed by atoms with Crippen LogP contribution in [0.2, 0.25) is 0 Å². The average Bonchev–Trinajstić information content (AvgIpc) is 3.12. The molecule has 0 radical (unpaired) electrons. The molecule has 0 N–H and O–H groups in total. The maximum Gasteiger partial charge on any atom is 0.0702 e. The van der Waals surface area contributed by atoms with Crippen LogP contribution in [0.4, 0.5) is 0 Å². The molecule has 0 saturated carbocycles. The molecule has 3 heteroatoms. The van der Waals surface area contributed by atoms with Crippen molar-refractivity contribution in [3.05, 3.63) is 97.5 Å². The average molecular weight is 328 g/mol. The number of rotatable bonds is 4. The fraction of sp³-hybridized carbons (Fsp3) is 0. The van der Waals surface area contributed by atoms with Crippen molar-refractivity contribution in [2.75, 3.05) is 0 Å². The minimum Gasteiger partial charge on any atom is -0.323 e. The molecular weight excluding hydrogens is 312 g/mol. The SMILES string of the molecule is c1ccc(-n2ccc(Sc3cccc(-c4ccccn4)c3)c2)cc1. The summed E-state index contributed by atoms with van der Waals surface area (Å²) < 4.78 is 2.14. The zero-order valence-corrected chi connectivity index (χ0v) is 13.9. The van der Waals surface area contributed by atoms with E-state index in [-0.39, 0.29) is 0 Å². The number of benzene rings is 2. The third-order valence-corrected chi connectivity index (χ3v) is 4.72. The summed E-state index contributed by atoms with van der Waals surface area (Å²) in [5, 5.41) is 0. The first kappa shape index (κ1) is 14.8. The van der Waals surface area contributed by atoms with Crippen LogP contribution in [0.25, 0.3) is 16.9 Å². The summed E-state index contributed by atoms with van der Waals surface area (Å²) in [5.41, 5.74) is 3.32.